The monoisotopic (exact) mass is 207 g/mol. The molecule has 2 rings (SSSR count). The van der Waals surface area contributed by atoms with Gasteiger partial charge in [-0.1, -0.05) is 0 Å². The molecule has 15 heavy (non-hydrogen) atoms. The van der Waals surface area contributed by atoms with Crippen LogP contribution in [-0.4, -0.2) is 24.2 Å². The van der Waals surface area contributed by atoms with E-state index in [2.05, 4.69) is 10.3 Å². The van der Waals surface area contributed by atoms with Crippen LogP contribution in [0.1, 0.15) is 18.5 Å². The first-order valence-corrected chi connectivity index (χ1v) is 5.34. The second kappa shape index (κ2) is 4.49. The lowest BCUT2D eigenvalue weighted by atomic mass is 10.2. The Morgan fingerprint density at radius 3 is 3.20 bits per heavy atom. The van der Waals surface area contributed by atoms with E-state index < -0.39 is 0 Å². The van der Waals surface area contributed by atoms with Crippen molar-refractivity contribution in [3.63, 3.8) is 0 Å². The quantitative estimate of drug-likeness (QED) is 0.779. The number of hydrogen-bond acceptors (Lipinski definition) is 4. The molecule has 0 aliphatic carbocycles. The molecule has 0 bridgehead atoms. The predicted molar refractivity (Wildman–Crippen MR) is 59.9 cm³/mol. The van der Waals surface area contributed by atoms with Crippen molar-refractivity contribution in [1.29, 1.82) is 0 Å². The van der Waals surface area contributed by atoms with E-state index in [1.165, 1.54) is 12.8 Å². The van der Waals surface area contributed by atoms with E-state index in [4.69, 9.17) is 10.5 Å². The zero-order valence-corrected chi connectivity index (χ0v) is 8.99. The van der Waals surface area contributed by atoms with Crippen molar-refractivity contribution < 1.29 is 4.74 Å². The number of hydrogen-bond donors (Lipinski definition) is 2. The maximum absolute atomic E-state index is 5.75. The molecule has 0 saturated carbocycles. The van der Waals surface area contributed by atoms with Gasteiger partial charge in [0.25, 0.3) is 0 Å². The van der Waals surface area contributed by atoms with Gasteiger partial charge >= 0.3 is 0 Å². The Hall–Kier alpha value is -1.29. The summed E-state index contributed by atoms with van der Waals surface area (Å²) in [6, 6.07) is 2.31. The molecule has 1 atom stereocenters. The minimum absolute atomic E-state index is 0.479. The predicted octanol–water partition coefficient (Wildman–Crippen LogP) is 1.10. The first-order chi connectivity index (χ1) is 7.25. The Kier molecular flexibility index (Phi) is 3.06. The van der Waals surface area contributed by atoms with Crippen molar-refractivity contribution in [2.24, 2.45) is 0 Å². The molecule has 0 amide bonds. The van der Waals surface area contributed by atoms with E-state index in [1.54, 1.807) is 6.20 Å². The molecule has 3 N–H and O–H groups in total. The van der Waals surface area contributed by atoms with Gasteiger partial charge in [0.2, 0.25) is 0 Å². The van der Waals surface area contributed by atoms with Gasteiger partial charge in [-0.2, -0.15) is 0 Å². The summed E-state index contributed by atoms with van der Waals surface area (Å²) in [7, 11) is 0. The number of nitrogen functional groups attached to an aromatic ring is 1. The lowest BCUT2D eigenvalue weighted by Gasteiger charge is -2.12. The van der Waals surface area contributed by atoms with Gasteiger partial charge in [0.15, 0.2) is 0 Å². The summed E-state index contributed by atoms with van der Waals surface area (Å²) in [5, 5.41) is 3.38. The summed E-state index contributed by atoms with van der Waals surface area (Å²) >= 11 is 0. The second-order valence-electron chi connectivity index (χ2n) is 3.95. The smallest absolute Gasteiger partial charge is 0.139 e. The Labute approximate surface area is 89.8 Å². The van der Waals surface area contributed by atoms with Crippen LogP contribution in [0.25, 0.3) is 0 Å². The van der Waals surface area contributed by atoms with Crippen molar-refractivity contribution in [2.75, 3.05) is 18.9 Å². The number of aromatic nitrogens is 1. The van der Waals surface area contributed by atoms with Crippen LogP contribution >= 0.6 is 0 Å². The van der Waals surface area contributed by atoms with E-state index in [0.717, 1.165) is 18.0 Å². The number of pyridine rings is 1. The molecular weight excluding hydrogens is 190 g/mol. The van der Waals surface area contributed by atoms with Gasteiger partial charge < -0.3 is 15.8 Å². The summed E-state index contributed by atoms with van der Waals surface area (Å²) < 4.78 is 5.62. The second-order valence-corrected chi connectivity index (χ2v) is 3.95. The molecule has 0 spiro atoms. The van der Waals surface area contributed by atoms with Crippen LogP contribution in [0.3, 0.4) is 0 Å². The number of nitrogens with zero attached hydrogens (tertiary/aromatic N) is 1. The molecule has 82 valence electrons. The summed E-state index contributed by atoms with van der Waals surface area (Å²) in [5.74, 6) is 0.756. The topological polar surface area (TPSA) is 60.2 Å². The van der Waals surface area contributed by atoms with Gasteiger partial charge in [-0.15, -0.1) is 0 Å². The zero-order chi connectivity index (χ0) is 10.7. The molecular formula is C11H17N3O. The summed E-state index contributed by atoms with van der Waals surface area (Å²) in [6.45, 7) is 3.68. The van der Waals surface area contributed by atoms with Crippen LogP contribution in [0.4, 0.5) is 5.69 Å². The Balaban J connectivity index is 1.90. The van der Waals surface area contributed by atoms with E-state index in [0.29, 0.717) is 18.3 Å². The number of anilines is 1. The molecule has 1 aliphatic heterocycles. The van der Waals surface area contributed by atoms with Crippen molar-refractivity contribution in [3.05, 3.63) is 18.0 Å². The molecule has 0 unspecified atom stereocenters. The molecule has 1 aromatic heterocycles. The fourth-order valence-electron chi connectivity index (χ4n) is 1.70. The van der Waals surface area contributed by atoms with Crippen LogP contribution < -0.4 is 15.8 Å². The van der Waals surface area contributed by atoms with Crippen LogP contribution in [0, 0.1) is 6.92 Å². The van der Waals surface area contributed by atoms with Gasteiger partial charge in [-0.05, 0) is 26.3 Å². The Morgan fingerprint density at radius 2 is 2.53 bits per heavy atom. The molecule has 0 aromatic carbocycles. The minimum Gasteiger partial charge on any atom is -0.490 e. The maximum atomic E-state index is 5.75. The van der Waals surface area contributed by atoms with Gasteiger partial charge in [-0.3, -0.25) is 4.98 Å². The highest BCUT2D eigenvalue weighted by atomic mass is 16.5. The van der Waals surface area contributed by atoms with Crippen LogP contribution in [0.15, 0.2) is 12.3 Å². The normalized spacial score (nSPS) is 20.5. The molecule has 1 aromatic rings. The molecule has 1 saturated heterocycles. The van der Waals surface area contributed by atoms with Crippen molar-refractivity contribution in [3.8, 4) is 5.75 Å². The number of aryl methyl sites for hydroxylation is 1. The lowest BCUT2D eigenvalue weighted by Crippen LogP contribution is -2.28. The van der Waals surface area contributed by atoms with Gasteiger partial charge in [0.1, 0.15) is 12.4 Å². The Bertz CT molecular complexity index is 335. The maximum Gasteiger partial charge on any atom is 0.139 e. The molecule has 1 fully saturated rings. The van der Waals surface area contributed by atoms with E-state index in [1.807, 2.05) is 13.0 Å². The summed E-state index contributed by atoms with van der Waals surface area (Å²) in [6.07, 6.45) is 4.15. The molecule has 0 radical (unpaired) electrons. The third kappa shape index (κ3) is 2.59. The largest absolute Gasteiger partial charge is 0.490 e. The molecule has 4 nitrogen and oxygen atoms in total. The summed E-state index contributed by atoms with van der Waals surface area (Å²) in [4.78, 5) is 4.15. The standard InChI is InChI=1S/C11H17N3O/c1-8-11(12)5-10(6-14-8)15-7-9-3-2-4-13-9/h5-6,9,13H,2-4,7,12H2,1H3/t9-/m1/s1. The zero-order valence-electron chi connectivity index (χ0n) is 8.99. The highest BCUT2D eigenvalue weighted by Crippen LogP contribution is 2.17. The van der Waals surface area contributed by atoms with Crippen LogP contribution in [-0.2, 0) is 0 Å². The van der Waals surface area contributed by atoms with Crippen molar-refractivity contribution in [2.45, 2.75) is 25.8 Å². The molecule has 2 heterocycles. The first-order valence-electron chi connectivity index (χ1n) is 5.34. The molecule has 4 heteroatoms. The van der Waals surface area contributed by atoms with E-state index in [-0.39, 0.29) is 0 Å². The number of nitrogens with two attached hydrogens (primary N) is 1. The number of ether oxygens (including phenoxy) is 1. The number of nitrogens with one attached hydrogen (secondary N) is 1. The Morgan fingerprint density at radius 1 is 1.67 bits per heavy atom. The lowest BCUT2D eigenvalue weighted by molar-refractivity contribution is 0.276. The van der Waals surface area contributed by atoms with Crippen LogP contribution in [0.5, 0.6) is 5.75 Å². The van der Waals surface area contributed by atoms with E-state index >= 15 is 0 Å². The van der Waals surface area contributed by atoms with Crippen molar-refractivity contribution in [1.82, 2.24) is 10.3 Å². The minimum atomic E-state index is 0.479. The van der Waals surface area contributed by atoms with Crippen LogP contribution in [0.2, 0.25) is 0 Å². The average Bonchev–Trinajstić information content (AvgIpc) is 2.73. The highest BCUT2D eigenvalue weighted by Gasteiger charge is 2.14. The van der Waals surface area contributed by atoms with E-state index in [9.17, 15) is 0 Å². The third-order valence-electron chi connectivity index (χ3n) is 2.71. The SMILES string of the molecule is Cc1ncc(OC[C@H]2CCCN2)cc1N. The first kappa shape index (κ1) is 10.2. The summed E-state index contributed by atoms with van der Waals surface area (Å²) in [5.41, 5.74) is 7.28. The molecule has 1 aliphatic rings. The number of rotatable bonds is 3. The van der Waals surface area contributed by atoms with Gasteiger partial charge in [-0.25, -0.2) is 0 Å². The van der Waals surface area contributed by atoms with Gasteiger partial charge in [0.05, 0.1) is 17.6 Å². The fourth-order valence-corrected chi connectivity index (χ4v) is 1.70. The van der Waals surface area contributed by atoms with Crippen molar-refractivity contribution >= 4 is 5.69 Å². The van der Waals surface area contributed by atoms with Gasteiger partial charge in [0, 0.05) is 12.1 Å². The average molecular weight is 207 g/mol. The third-order valence-corrected chi connectivity index (χ3v) is 2.71. The highest BCUT2D eigenvalue weighted by molar-refractivity contribution is 5.46. The fraction of sp³-hybridized carbons (Fsp3) is 0.545.